The normalized spacial score (nSPS) is 10.2. The highest BCUT2D eigenvalue weighted by Gasteiger charge is 2.03. The summed E-state index contributed by atoms with van der Waals surface area (Å²) in [6.07, 6.45) is -0.000104. The van der Waals surface area contributed by atoms with E-state index in [4.69, 9.17) is 9.84 Å². The van der Waals surface area contributed by atoms with Crippen molar-refractivity contribution in [3.63, 3.8) is 0 Å². The first-order chi connectivity index (χ1) is 9.13. The van der Waals surface area contributed by atoms with Gasteiger partial charge in [-0.2, -0.15) is 0 Å². The number of aryl methyl sites for hydroxylation is 1. The van der Waals surface area contributed by atoms with Gasteiger partial charge in [0.15, 0.2) is 0 Å². The summed E-state index contributed by atoms with van der Waals surface area (Å²) in [6.45, 7) is 2.30. The SMILES string of the molecule is Cc1cccc(COc2cccc(CC(=O)O)c2)n1. The Morgan fingerprint density at radius 3 is 2.79 bits per heavy atom. The zero-order chi connectivity index (χ0) is 13.7. The second-order valence-electron chi connectivity index (χ2n) is 4.28. The maximum Gasteiger partial charge on any atom is 0.307 e. The van der Waals surface area contributed by atoms with Crippen molar-refractivity contribution < 1.29 is 14.6 Å². The van der Waals surface area contributed by atoms with Crippen molar-refractivity contribution in [1.82, 2.24) is 4.98 Å². The van der Waals surface area contributed by atoms with E-state index in [9.17, 15) is 4.79 Å². The molecule has 1 heterocycles. The molecule has 0 spiro atoms. The van der Waals surface area contributed by atoms with Crippen LogP contribution in [0.3, 0.4) is 0 Å². The van der Waals surface area contributed by atoms with Crippen LogP contribution in [0.1, 0.15) is 17.0 Å². The molecule has 0 aliphatic heterocycles. The molecule has 0 saturated carbocycles. The Morgan fingerprint density at radius 1 is 1.26 bits per heavy atom. The third-order valence-electron chi connectivity index (χ3n) is 2.59. The van der Waals surface area contributed by atoms with Crippen LogP contribution in [0.5, 0.6) is 5.75 Å². The second kappa shape index (κ2) is 6.00. The van der Waals surface area contributed by atoms with Crippen molar-refractivity contribution >= 4 is 5.97 Å². The smallest absolute Gasteiger partial charge is 0.307 e. The van der Waals surface area contributed by atoms with Crippen LogP contribution in [-0.4, -0.2) is 16.1 Å². The van der Waals surface area contributed by atoms with Crippen molar-refractivity contribution in [2.45, 2.75) is 20.0 Å². The lowest BCUT2D eigenvalue weighted by molar-refractivity contribution is -0.136. The van der Waals surface area contributed by atoms with Crippen LogP contribution in [0.2, 0.25) is 0 Å². The standard InChI is InChI=1S/C15H15NO3/c1-11-4-2-6-13(16-11)10-19-14-7-3-5-12(8-14)9-15(17)18/h2-8H,9-10H2,1H3,(H,17,18). The summed E-state index contributed by atoms with van der Waals surface area (Å²) in [6, 6.07) is 12.9. The molecule has 0 bridgehead atoms. The van der Waals surface area contributed by atoms with Crippen LogP contribution < -0.4 is 4.74 Å². The van der Waals surface area contributed by atoms with E-state index in [1.807, 2.05) is 25.1 Å². The lowest BCUT2D eigenvalue weighted by Gasteiger charge is -2.07. The number of aromatic nitrogens is 1. The van der Waals surface area contributed by atoms with Crippen molar-refractivity contribution in [2.75, 3.05) is 0 Å². The highest BCUT2D eigenvalue weighted by atomic mass is 16.5. The fraction of sp³-hybridized carbons (Fsp3) is 0.200. The van der Waals surface area contributed by atoms with Gasteiger partial charge in [-0.1, -0.05) is 18.2 Å². The number of rotatable bonds is 5. The van der Waals surface area contributed by atoms with Crippen molar-refractivity contribution in [1.29, 1.82) is 0 Å². The zero-order valence-corrected chi connectivity index (χ0v) is 10.7. The van der Waals surface area contributed by atoms with Gasteiger partial charge in [-0.15, -0.1) is 0 Å². The monoisotopic (exact) mass is 257 g/mol. The molecule has 0 radical (unpaired) electrons. The molecule has 0 aliphatic rings. The predicted octanol–water partition coefficient (Wildman–Crippen LogP) is 2.60. The van der Waals surface area contributed by atoms with Crippen LogP contribution in [0, 0.1) is 6.92 Å². The summed E-state index contributed by atoms with van der Waals surface area (Å²) >= 11 is 0. The highest BCUT2D eigenvalue weighted by Crippen LogP contribution is 2.15. The Labute approximate surface area is 111 Å². The molecule has 0 aliphatic carbocycles. The largest absolute Gasteiger partial charge is 0.487 e. The number of nitrogens with zero attached hydrogens (tertiary/aromatic N) is 1. The van der Waals surface area contributed by atoms with E-state index >= 15 is 0 Å². The average molecular weight is 257 g/mol. The molecular weight excluding hydrogens is 242 g/mol. The van der Waals surface area contributed by atoms with E-state index in [1.165, 1.54) is 0 Å². The molecule has 1 N–H and O–H groups in total. The van der Waals surface area contributed by atoms with E-state index in [0.29, 0.717) is 12.4 Å². The molecule has 4 heteroatoms. The third-order valence-corrected chi connectivity index (χ3v) is 2.59. The van der Waals surface area contributed by atoms with E-state index in [1.54, 1.807) is 24.3 Å². The summed E-state index contributed by atoms with van der Waals surface area (Å²) in [7, 11) is 0. The van der Waals surface area contributed by atoms with Crippen LogP contribution in [0.15, 0.2) is 42.5 Å². The molecule has 0 atom stereocenters. The summed E-state index contributed by atoms with van der Waals surface area (Å²) < 4.78 is 5.61. The minimum absolute atomic E-state index is 0.000104. The van der Waals surface area contributed by atoms with Crippen molar-refractivity contribution in [2.24, 2.45) is 0 Å². The van der Waals surface area contributed by atoms with Crippen molar-refractivity contribution in [3.05, 3.63) is 59.4 Å². The molecule has 4 nitrogen and oxygen atoms in total. The molecule has 2 aromatic rings. The average Bonchev–Trinajstić information content (AvgIpc) is 2.36. The maximum absolute atomic E-state index is 10.6. The van der Waals surface area contributed by atoms with E-state index < -0.39 is 5.97 Å². The first-order valence-corrected chi connectivity index (χ1v) is 5.99. The first kappa shape index (κ1) is 13.1. The molecular formula is C15H15NO3. The highest BCUT2D eigenvalue weighted by molar-refractivity contribution is 5.70. The lowest BCUT2D eigenvalue weighted by atomic mass is 10.1. The topological polar surface area (TPSA) is 59.4 Å². The van der Waals surface area contributed by atoms with Gasteiger partial charge in [0.1, 0.15) is 12.4 Å². The Morgan fingerprint density at radius 2 is 2.05 bits per heavy atom. The van der Waals surface area contributed by atoms with Crippen LogP contribution in [0.4, 0.5) is 0 Å². The van der Waals surface area contributed by atoms with Crippen LogP contribution in [-0.2, 0) is 17.8 Å². The fourth-order valence-corrected chi connectivity index (χ4v) is 1.76. The fourth-order valence-electron chi connectivity index (χ4n) is 1.76. The Bertz CT molecular complexity index is 581. The second-order valence-corrected chi connectivity index (χ2v) is 4.28. The minimum Gasteiger partial charge on any atom is -0.487 e. The molecule has 0 saturated heterocycles. The summed E-state index contributed by atoms with van der Waals surface area (Å²) in [4.78, 5) is 15.0. The van der Waals surface area contributed by atoms with Gasteiger partial charge in [0, 0.05) is 5.69 Å². The molecule has 98 valence electrons. The van der Waals surface area contributed by atoms with Gasteiger partial charge < -0.3 is 9.84 Å². The number of ether oxygens (including phenoxy) is 1. The molecule has 0 fully saturated rings. The molecule has 1 aromatic heterocycles. The number of carbonyl (C=O) groups is 1. The maximum atomic E-state index is 10.6. The van der Waals surface area contributed by atoms with Gasteiger partial charge in [-0.05, 0) is 36.8 Å². The number of aliphatic carboxylic acids is 1. The zero-order valence-electron chi connectivity index (χ0n) is 10.7. The number of hydrogen-bond donors (Lipinski definition) is 1. The number of hydrogen-bond acceptors (Lipinski definition) is 3. The van der Waals surface area contributed by atoms with E-state index in [0.717, 1.165) is 17.0 Å². The number of carboxylic acids is 1. The third kappa shape index (κ3) is 4.10. The van der Waals surface area contributed by atoms with Gasteiger partial charge in [-0.25, -0.2) is 0 Å². The van der Waals surface area contributed by atoms with Crippen LogP contribution >= 0.6 is 0 Å². The van der Waals surface area contributed by atoms with Gasteiger partial charge in [-0.3, -0.25) is 9.78 Å². The van der Waals surface area contributed by atoms with Gasteiger partial charge in [0.2, 0.25) is 0 Å². The lowest BCUT2D eigenvalue weighted by Crippen LogP contribution is -2.02. The number of carboxylic acid groups (broad SMARTS) is 1. The molecule has 0 amide bonds. The quantitative estimate of drug-likeness (QED) is 0.894. The predicted molar refractivity (Wildman–Crippen MR) is 71.1 cm³/mol. The molecule has 19 heavy (non-hydrogen) atoms. The number of pyridine rings is 1. The summed E-state index contributed by atoms with van der Waals surface area (Å²) in [5.74, 6) is -0.195. The molecule has 2 rings (SSSR count). The Kier molecular flexibility index (Phi) is 4.13. The van der Waals surface area contributed by atoms with E-state index in [-0.39, 0.29) is 6.42 Å². The number of benzene rings is 1. The van der Waals surface area contributed by atoms with Gasteiger partial charge in [0.05, 0.1) is 12.1 Å². The van der Waals surface area contributed by atoms with Crippen LogP contribution in [0.25, 0.3) is 0 Å². The Balaban J connectivity index is 2.01. The Hall–Kier alpha value is -2.36. The van der Waals surface area contributed by atoms with Gasteiger partial charge in [0.25, 0.3) is 0 Å². The van der Waals surface area contributed by atoms with Gasteiger partial charge >= 0.3 is 5.97 Å². The summed E-state index contributed by atoms with van der Waals surface area (Å²) in [5, 5.41) is 8.75. The first-order valence-electron chi connectivity index (χ1n) is 5.99. The molecule has 0 unspecified atom stereocenters. The van der Waals surface area contributed by atoms with Crippen molar-refractivity contribution in [3.8, 4) is 5.75 Å². The summed E-state index contributed by atoms with van der Waals surface area (Å²) in [5.41, 5.74) is 2.52. The minimum atomic E-state index is -0.850. The molecule has 1 aromatic carbocycles. The van der Waals surface area contributed by atoms with E-state index in [2.05, 4.69) is 4.98 Å².